The van der Waals surface area contributed by atoms with Crippen LogP contribution in [0.4, 0.5) is 5.69 Å². The average Bonchev–Trinajstić information content (AvgIpc) is 0.803. The molecule has 4 aromatic rings. The molecule has 10 N–H and O–H groups in total. The number of carboxylic acids is 1. The van der Waals surface area contributed by atoms with Crippen LogP contribution in [0.3, 0.4) is 0 Å². The van der Waals surface area contributed by atoms with E-state index in [1.54, 1.807) is 50.5 Å². The summed E-state index contributed by atoms with van der Waals surface area (Å²) < 4.78 is 155. The van der Waals surface area contributed by atoms with Crippen LogP contribution in [0.2, 0.25) is 0 Å². The first kappa shape index (κ1) is 76.8. The zero-order valence-electron chi connectivity index (χ0n) is 53.2. The molecule has 4 aliphatic rings. The van der Waals surface area contributed by atoms with Crippen molar-refractivity contribution in [1.29, 1.82) is 0 Å². The molecule has 0 aliphatic carbocycles. The van der Waals surface area contributed by atoms with Gasteiger partial charge >= 0.3 is 35.1 Å². The minimum absolute atomic E-state index is 0.0158. The van der Waals surface area contributed by atoms with Crippen molar-refractivity contribution < 1.29 is 125 Å². The van der Waals surface area contributed by atoms with Gasteiger partial charge in [-0.3, -0.25) is 33.0 Å². The van der Waals surface area contributed by atoms with Crippen molar-refractivity contribution in [3.8, 4) is 23.3 Å². The van der Waals surface area contributed by atoms with Gasteiger partial charge in [-0.05, 0) is 60.9 Å². The van der Waals surface area contributed by atoms with Gasteiger partial charge in [-0.2, -0.15) is 17.0 Å². The summed E-state index contributed by atoms with van der Waals surface area (Å²) >= 11 is 0. The maximum atomic E-state index is 13.6. The molecule has 1 aromatic heterocycles. The smallest absolute Gasteiger partial charge is 0.490 e. The van der Waals surface area contributed by atoms with Crippen LogP contribution in [0.25, 0.3) is 16.7 Å². The minimum Gasteiger partial charge on any atom is -0.748 e. The summed E-state index contributed by atoms with van der Waals surface area (Å²) in [6.07, 6.45) is -0.321. The Hall–Kier alpha value is -6.95. The lowest BCUT2D eigenvalue weighted by Crippen LogP contribution is -2.47. The summed E-state index contributed by atoms with van der Waals surface area (Å²) in [6.45, 7) is 7.23. The van der Waals surface area contributed by atoms with Gasteiger partial charge < -0.3 is 78.3 Å². The first-order valence-electron chi connectivity index (χ1n) is 29.5. The third-order valence-corrected chi connectivity index (χ3v) is 20.8. The highest BCUT2D eigenvalue weighted by Gasteiger charge is 2.44. The molecule has 1 fully saturated rings. The van der Waals surface area contributed by atoms with E-state index in [1.807, 2.05) is 42.2 Å². The van der Waals surface area contributed by atoms with Crippen molar-refractivity contribution in [3.63, 3.8) is 0 Å². The van der Waals surface area contributed by atoms with Gasteiger partial charge in [-0.15, -0.1) is 0 Å². The number of hydrogen-bond donors (Lipinski definition) is 10. The number of aliphatic hydroxyl groups is 1. The predicted octanol–water partition coefficient (Wildman–Crippen LogP) is 0.275. The molecule has 5 heterocycles. The molecule has 0 saturated carbocycles. The lowest BCUT2D eigenvalue weighted by Gasteiger charge is -2.42. The number of carbonyl (C=O) groups is 3. The number of rotatable bonds is 31. The van der Waals surface area contributed by atoms with E-state index in [0.29, 0.717) is 27.4 Å². The van der Waals surface area contributed by atoms with Gasteiger partial charge in [0, 0.05) is 85.7 Å². The largest absolute Gasteiger partial charge is 0.748 e. The van der Waals surface area contributed by atoms with Crippen molar-refractivity contribution in [2.45, 2.75) is 70.1 Å². The fourth-order valence-corrected chi connectivity index (χ4v) is 15.1. The third kappa shape index (κ3) is 20.2. The Balaban J connectivity index is 0.776. The molecule has 0 radical (unpaired) electrons. The van der Waals surface area contributed by atoms with Crippen molar-refractivity contribution in [1.82, 2.24) is 24.8 Å². The summed E-state index contributed by atoms with van der Waals surface area (Å²) in [5, 5.41) is 27.3. The van der Waals surface area contributed by atoms with E-state index in [4.69, 9.17) is 38.2 Å². The number of anilines is 1. The summed E-state index contributed by atoms with van der Waals surface area (Å²) in [7, 11) is -22.8. The van der Waals surface area contributed by atoms with Crippen LogP contribution in [0.1, 0.15) is 95.3 Å². The number of carbonyl (C=O) groups excluding carboxylic acids is 2. The lowest BCUT2D eigenvalue weighted by molar-refractivity contribution is -0.122. The van der Waals surface area contributed by atoms with Gasteiger partial charge in [-0.25, -0.2) is 36.3 Å². The van der Waals surface area contributed by atoms with Gasteiger partial charge in [-0.1, -0.05) is 24.0 Å². The molecule has 35 nitrogen and oxygen atoms in total. The number of likely N-dealkylation sites (N-methyl/N-ethyl adjacent to an activating group) is 2. The molecule has 40 heteroatoms. The Morgan fingerprint density at radius 2 is 1.45 bits per heavy atom. The molecule has 5 atom stereocenters. The van der Waals surface area contributed by atoms with Gasteiger partial charge in [0.1, 0.15) is 42.2 Å². The number of amides is 2. The Kier molecular flexibility index (Phi) is 24.2. The SMILES string of the molecule is CN1c2cc3c(cc2C(CS(=O)(=O)[O-])=CC1(C)C)C(c1ccc(C(=O)NCCOCCOCCOCCOCCC(=O)NCC#Cc2cn([C@H]4C[C@H](O)[C@@H](COP(=O)(O)OP(=O)(O)OP(=O)(O)O)O4)c(=O)[nH]c2=O)cc1C(=O)O)=c1cc2c(cc1O3)=[N+](C)C(C)(C)C=C2CS(=O)(=O)O. The van der Waals surface area contributed by atoms with E-state index in [0.717, 1.165) is 10.8 Å². The van der Waals surface area contributed by atoms with E-state index in [1.165, 1.54) is 18.2 Å². The molecule has 3 aromatic carbocycles. The van der Waals surface area contributed by atoms with E-state index in [-0.39, 0.29) is 135 Å². The van der Waals surface area contributed by atoms with Crippen LogP contribution < -0.4 is 46.7 Å². The van der Waals surface area contributed by atoms with Crippen molar-refractivity contribution in [3.05, 3.63) is 131 Å². The number of benzene rings is 3. The molecule has 1 saturated heterocycles. The molecule has 534 valence electrons. The lowest BCUT2D eigenvalue weighted by atomic mass is 9.83. The van der Waals surface area contributed by atoms with E-state index in [2.05, 4.69) is 35.6 Å². The summed E-state index contributed by atoms with van der Waals surface area (Å²) in [5.41, 5.74) is -1.69. The fourth-order valence-electron chi connectivity index (χ4n) is 10.8. The van der Waals surface area contributed by atoms with E-state index < -0.39 is 120 Å². The fraction of sp³-hybridized carbons (Fsp3) is 0.448. The number of aromatic carboxylic acids is 1. The molecule has 4 aliphatic heterocycles. The van der Waals surface area contributed by atoms with E-state index >= 15 is 0 Å². The molecule has 2 amide bonds. The zero-order chi connectivity index (χ0) is 72.1. The minimum atomic E-state index is -5.82. The number of aromatic nitrogens is 2. The average molecular weight is 1470 g/mol. The number of aromatic amines is 1. The summed E-state index contributed by atoms with van der Waals surface area (Å²) in [4.78, 5) is 105. The molecule has 98 heavy (non-hydrogen) atoms. The standard InChI is InChI=1S/C58H71N6O29P3S2/c1-57(2)28-36(32-97(79,80)81)39-23-42-47(25-44(39)62(57)5)90-48-26-45-40(37(33-98(82,83)84)29-58(3,4)63(45)6)24-43(48)52(42)38-10-9-34(22-41(38)55(69)70)53(67)60-13-15-86-17-19-88-21-20-87-18-16-85-14-11-50(66)59-12-7-8-35-30-64(56(71)61-54(35)68)51-27-46(65)49(91-51)31-89-95(75,76)93-96(77,78)92-94(72,73)74/h9-10,22-26,28-30,46,49,51,65H,11-21,27,31-33H2,1-6H3,(H9-,59,60,61,66,67,68,69,70,71,72,73,74,75,76,77,78,79,80,81,82,83,84)/t46-,49+,51+/m0/s1. The van der Waals surface area contributed by atoms with Crippen LogP contribution in [-0.2, 0) is 75.6 Å². The van der Waals surface area contributed by atoms with Gasteiger partial charge in [0.25, 0.3) is 21.6 Å². The van der Waals surface area contributed by atoms with Crippen LogP contribution in [-0.4, -0.2) is 205 Å². The van der Waals surface area contributed by atoms with Crippen molar-refractivity contribution in [2.75, 3.05) is 103 Å². The van der Waals surface area contributed by atoms with Crippen LogP contribution in [0, 0.1) is 11.8 Å². The number of nitrogens with one attached hydrogen (secondary N) is 3. The highest BCUT2D eigenvalue weighted by Crippen LogP contribution is 2.66. The zero-order valence-corrected chi connectivity index (χ0v) is 57.5. The Bertz CT molecular complexity index is 4590. The number of nitrogens with zero attached hydrogens (tertiary/aromatic N) is 3. The number of phosphoric ester groups is 1. The van der Waals surface area contributed by atoms with E-state index in [9.17, 15) is 83.6 Å². The maximum absolute atomic E-state index is 13.6. The van der Waals surface area contributed by atoms with Gasteiger partial charge in [0.2, 0.25) is 11.3 Å². The first-order chi connectivity index (χ1) is 45.6. The maximum Gasteiger partial charge on any atom is 0.490 e. The highest BCUT2D eigenvalue weighted by atomic mass is 32.2. The Morgan fingerprint density at radius 1 is 0.806 bits per heavy atom. The molecule has 0 bridgehead atoms. The number of ether oxygens (including phenoxy) is 6. The number of fused-ring (bicyclic) bond motifs is 4. The second-order valence-corrected chi connectivity index (χ2v) is 30.8. The number of hydrogen-bond acceptors (Lipinski definition) is 24. The molecular weight excluding hydrogens is 1400 g/mol. The number of phosphoric acid groups is 3. The highest BCUT2D eigenvalue weighted by molar-refractivity contribution is 7.86. The molecular formula is C58H71N6O29P3S2. The number of aliphatic hydroxyl groups excluding tert-OH is 1. The van der Waals surface area contributed by atoms with Crippen molar-refractivity contribution in [2.24, 2.45) is 0 Å². The summed E-state index contributed by atoms with van der Waals surface area (Å²) in [6, 6.07) is 10.7. The quantitative estimate of drug-likeness (QED) is 0.00936. The number of H-pyrrole nitrogens is 1. The topological polar surface area (TPSA) is 504 Å². The molecule has 0 spiro atoms. The number of carboxylic acid groups (broad SMARTS) is 1. The molecule has 2 unspecified atom stereocenters. The normalized spacial score (nSPS) is 19.0. The first-order valence-corrected chi connectivity index (χ1v) is 37.2. The Morgan fingerprint density at radius 3 is 2.08 bits per heavy atom. The second-order valence-electron chi connectivity index (χ2n) is 23.5. The molecule has 8 rings (SSSR count). The summed E-state index contributed by atoms with van der Waals surface area (Å²) in [5.74, 6) is 1.41. The van der Waals surface area contributed by atoms with Crippen LogP contribution in [0.15, 0.2) is 70.4 Å². The van der Waals surface area contributed by atoms with Crippen molar-refractivity contribution >= 4 is 83.9 Å². The third-order valence-electron chi connectivity index (χ3n) is 15.6. The monoisotopic (exact) mass is 1470 g/mol. The van der Waals surface area contributed by atoms with Gasteiger partial charge in [0.05, 0.1) is 111 Å². The Labute approximate surface area is 559 Å². The second kappa shape index (κ2) is 30.9. The van der Waals surface area contributed by atoms with Crippen LogP contribution >= 0.6 is 23.5 Å². The van der Waals surface area contributed by atoms with Gasteiger partial charge in [0.15, 0.2) is 5.54 Å². The predicted molar refractivity (Wildman–Crippen MR) is 344 cm³/mol. The van der Waals surface area contributed by atoms with Crippen LogP contribution in [0.5, 0.6) is 11.5 Å².